The van der Waals surface area contributed by atoms with Gasteiger partial charge in [-0.2, -0.15) is 5.26 Å². The van der Waals surface area contributed by atoms with Gasteiger partial charge in [0.2, 0.25) is 5.89 Å². The van der Waals surface area contributed by atoms with Crippen LogP contribution in [0, 0.1) is 16.7 Å². The third kappa shape index (κ3) is 5.25. The van der Waals surface area contributed by atoms with Crippen LogP contribution < -0.4 is 0 Å². The van der Waals surface area contributed by atoms with E-state index in [1.165, 1.54) is 0 Å². The molecule has 0 bridgehead atoms. The van der Waals surface area contributed by atoms with Crippen molar-refractivity contribution in [2.75, 3.05) is 6.54 Å². The minimum absolute atomic E-state index is 0.0324. The molecule has 1 amide bonds. The van der Waals surface area contributed by atoms with Gasteiger partial charge in [0.15, 0.2) is 0 Å². The van der Waals surface area contributed by atoms with Crippen LogP contribution in [0.25, 0.3) is 22.6 Å². The summed E-state index contributed by atoms with van der Waals surface area (Å²) in [6, 6.07) is 25.0. The number of rotatable bonds is 8. The molecule has 0 radical (unpaired) electrons. The smallest absolute Gasteiger partial charge is 0.262 e. The normalized spacial score (nSPS) is 14.8. The highest BCUT2D eigenvalue weighted by Crippen LogP contribution is 2.32. The molecule has 5 rings (SSSR count). The van der Waals surface area contributed by atoms with Gasteiger partial charge in [0.1, 0.15) is 0 Å². The average molecular weight is 504 g/mol. The molecule has 0 unspecified atom stereocenters. The number of hydrogen-bond donors (Lipinski definition) is 1. The van der Waals surface area contributed by atoms with E-state index in [9.17, 15) is 10.1 Å². The summed E-state index contributed by atoms with van der Waals surface area (Å²) in [5.41, 5.74) is 4.28. The Bertz CT molecular complexity index is 1500. The zero-order chi connectivity index (χ0) is 26.5. The molecule has 2 heterocycles. The maximum absolute atomic E-state index is 13.7. The molecule has 1 fully saturated rings. The first kappa shape index (κ1) is 25.1. The number of amides is 1. The van der Waals surface area contributed by atoms with E-state index in [1.807, 2.05) is 65.6 Å². The lowest BCUT2D eigenvalue weighted by Crippen LogP contribution is -2.35. The number of aromatic nitrogens is 2. The van der Waals surface area contributed by atoms with Crippen molar-refractivity contribution in [3.05, 3.63) is 95.4 Å². The van der Waals surface area contributed by atoms with Crippen LogP contribution in [-0.2, 0) is 6.42 Å². The minimum atomic E-state index is -0.0324. The van der Waals surface area contributed by atoms with Crippen molar-refractivity contribution in [3.8, 4) is 28.7 Å². The molecular weight excluding hydrogens is 474 g/mol. The Hall–Kier alpha value is -4.57. The molecule has 190 valence electrons. The van der Waals surface area contributed by atoms with E-state index in [4.69, 9.17) is 9.83 Å². The van der Waals surface area contributed by atoms with Crippen molar-refractivity contribution < 1.29 is 9.21 Å². The summed E-state index contributed by atoms with van der Waals surface area (Å²) in [5.74, 6) is 0.340. The molecule has 0 aliphatic carbocycles. The molecule has 4 aromatic rings. The molecule has 0 saturated carbocycles. The van der Waals surface area contributed by atoms with E-state index in [1.54, 1.807) is 12.1 Å². The van der Waals surface area contributed by atoms with Gasteiger partial charge in [-0.25, -0.2) is 0 Å². The standard InChI is InChI=1S/C31H29N5O2/c1-2-9-26-13-8-15-36(26)31(37)25-18-23(27-14-7-6-12-22(27)20-32)17-24(19-25)29-34-35-30(38-29)28(33)16-21-10-4-3-5-11-21/h3-7,10-12,14,17-19,26,33H,2,8-9,13,15-16H2,1H3/t26-/m0/s1. The van der Waals surface area contributed by atoms with Gasteiger partial charge < -0.3 is 9.32 Å². The topological polar surface area (TPSA) is 107 Å². The van der Waals surface area contributed by atoms with E-state index >= 15 is 0 Å². The highest BCUT2D eigenvalue weighted by atomic mass is 16.4. The molecule has 0 spiro atoms. The molecule has 7 heteroatoms. The highest BCUT2D eigenvalue weighted by Gasteiger charge is 2.29. The van der Waals surface area contributed by atoms with Gasteiger partial charge in [-0.3, -0.25) is 10.2 Å². The number of likely N-dealkylation sites (tertiary alicyclic amines) is 1. The number of carbonyl (C=O) groups excluding carboxylic acids is 1. The number of carbonyl (C=O) groups is 1. The molecule has 7 nitrogen and oxygen atoms in total. The van der Waals surface area contributed by atoms with E-state index in [-0.39, 0.29) is 29.4 Å². The van der Waals surface area contributed by atoms with E-state index in [0.717, 1.165) is 48.9 Å². The third-order valence-corrected chi connectivity index (χ3v) is 6.95. The maximum Gasteiger partial charge on any atom is 0.262 e. The van der Waals surface area contributed by atoms with Gasteiger partial charge in [-0.05, 0) is 60.2 Å². The number of nitriles is 1. The summed E-state index contributed by atoms with van der Waals surface area (Å²) >= 11 is 0. The van der Waals surface area contributed by atoms with E-state index in [2.05, 4.69) is 23.2 Å². The molecule has 1 saturated heterocycles. The SMILES string of the molecule is CCC[C@H]1CCCN1C(=O)c1cc(-c2nnc(C(=N)Cc3ccccc3)o2)cc(-c2ccccc2C#N)c1. The second kappa shape index (κ2) is 11.2. The Balaban J connectivity index is 1.53. The molecule has 1 aliphatic heterocycles. The van der Waals surface area contributed by atoms with E-state index in [0.29, 0.717) is 23.1 Å². The average Bonchev–Trinajstić information content (AvgIpc) is 3.64. The Morgan fingerprint density at radius 3 is 2.63 bits per heavy atom. The molecule has 1 atom stereocenters. The van der Waals surface area contributed by atoms with Crippen LogP contribution in [0.3, 0.4) is 0 Å². The van der Waals surface area contributed by atoms with Crippen LogP contribution in [0.5, 0.6) is 0 Å². The fraction of sp³-hybridized carbons (Fsp3) is 0.258. The largest absolute Gasteiger partial charge is 0.415 e. The Morgan fingerprint density at radius 2 is 1.84 bits per heavy atom. The monoisotopic (exact) mass is 503 g/mol. The lowest BCUT2D eigenvalue weighted by molar-refractivity contribution is 0.0730. The Kier molecular flexibility index (Phi) is 7.41. The number of nitrogens with zero attached hydrogens (tertiary/aromatic N) is 4. The second-order valence-electron chi connectivity index (χ2n) is 9.59. The van der Waals surface area contributed by atoms with Gasteiger partial charge in [-0.1, -0.05) is 61.9 Å². The highest BCUT2D eigenvalue weighted by molar-refractivity contribution is 5.98. The van der Waals surface area contributed by atoms with E-state index < -0.39 is 0 Å². The molecule has 3 aromatic carbocycles. The van der Waals surface area contributed by atoms with Gasteiger partial charge in [0, 0.05) is 30.1 Å². The Morgan fingerprint density at radius 1 is 1.08 bits per heavy atom. The summed E-state index contributed by atoms with van der Waals surface area (Å²) in [7, 11) is 0. The summed E-state index contributed by atoms with van der Waals surface area (Å²) in [6.07, 6.45) is 4.38. The van der Waals surface area contributed by atoms with Crippen LogP contribution in [0.15, 0.2) is 77.2 Å². The summed E-state index contributed by atoms with van der Waals surface area (Å²) in [4.78, 5) is 15.7. The fourth-order valence-electron chi connectivity index (χ4n) is 5.10. The van der Waals surface area contributed by atoms with Crippen molar-refractivity contribution in [2.24, 2.45) is 0 Å². The lowest BCUT2D eigenvalue weighted by Gasteiger charge is -2.25. The van der Waals surface area contributed by atoms with Crippen LogP contribution in [0.2, 0.25) is 0 Å². The van der Waals surface area contributed by atoms with Gasteiger partial charge >= 0.3 is 0 Å². The molecular formula is C31H29N5O2. The van der Waals surface area contributed by atoms with Crippen LogP contribution in [0.4, 0.5) is 0 Å². The van der Waals surface area contributed by atoms with Gasteiger partial charge in [0.25, 0.3) is 11.8 Å². The maximum atomic E-state index is 13.7. The number of benzene rings is 3. The zero-order valence-corrected chi connectivity index (χ0v) is 21.4. The summed E-state index contributed by atoms with van der Waals surface area (Å²) in [6.45, 7) is 2.88. The van der Waals surface area contributed by atoms with Crippen molar-refractivity contribution in [2.45, 2.75) is 45.1 Å². The second-order valence-corrected chi connectivity index (χ2v) is 9.59. The Labute approximate surface area is 222 Å². The summed E-state index contributed by atoms with van der Waals surface area (Å²) in [5, 5.41) is 26.5. The van der Waals surface area contributed by atoms with Crippen molar-refractivity contribution >= 4 is 11.6 Å². The van der Waals surface area contributed by atoms with Gasteiger partial charge in [-0.15, -0.1) is 10.2 Å². The molecule has 38 heavy (non-hydrogen) atoms. The molecule has 1 aromatic heterocycles. The summed E-state index contributed by atoms with van der Waals surface area (Å²) < 4.78 is 5.93. The quantitative estimate of drug-likeness (QED) is 0.284. The van der Waals surface area contributed by atoms with Crippen LogP contribution in [-0.4, -0.2) is 39.3 Å². The predicted octanol–water partition coefficient (Wildman–Crippen LogP) is 6.29. The first-order valence-corrected chi connectivity index (χ1v) is 13.0. The van der Waals surface area contributed by atoms with Gasteiger partial charge in [0.05, 0.1) is 17.3 Å². The fourth-order valence-corrected chi connectivity index (χ4v) is 5.10. The number of hydrogen-bond acceptors (Lipinski definition) is 6. The van der Waals surface area contributed by atoms with Crippen LogP contribution in [0.1, 0.15) is 60.0 Å². The first-order valence-electron chi connectivity index (χ1n) is 13.0. The van der Waals surface area contributed by atoms with Crippen LogP contribution >= 0.6 is 0 Å². The lowest BCUT2D eigenvalue weighted by atomic mass is 9.95. The minimum Gasteiger partial charge on any atom is -0.415 e. The van der Waals surface area contributed by atoms with Crippen molar-refractivity contribution in [3.63, 3.8) is 0 Å². The zero-order valence-electron chi connectivity index (χ0n) is 21.4. The van der Waals surface area contributed by atoms with Crippen molar-refractivity contribution in [1.29, 1.82) is 10.7 Å². The third-order valence-electron chi connectivity index (χ3n) is 6.95. The molecule has 1 N–H and O–H groups in total. The first-order chi connectivity index (χ1) is 18.6. The van der Waals surface area contributed by atoms with Crippen molar-refractivity contribution in [1.82, 2.24) is 15.1 Å². The molecule has 1 aliphatic rings. The number of nitrogens with one attached hydrogen (secondary N) is 1. The predicted molar refractivity (Wildman–Crippen MR) is 146 cm³/mol.